The fourth-order valence-electron chi connectivity index (χ4n) is 2.91. The van der Waals surface area contributed by atoms with Gasteiger partial charge in [-0.05, 0) is 19.3 Å². The molecule has 3 nitrogen and oxygen atoms in total. The van der Waals surface area contributed by atoms with E-state index in [2.05, 4.69) is 17.1 Å². The molecule has 14 heavy (non-hydrogen) atoms. The zero-order valence-corrected chi connectivity index (χ0v) is 9.08. The molecule has 2 fully saturated rings. The van der Waals surface area contributed by atoms with E-state index in [1.807, 2.05) is 0 Å². The van der Waals surface area contributed by atoms with E-state index in [4.69, 9.17) is 0 Å². The highest BCUT2D eigenvalue weighted by atomic mass is 16.3. The molecule has 2 heterocycles. The maximum Gasteiger partial charge on any atom is 0.107 e. The standard InChI is InChI=1S/C11H22N2O/c1-2-4-11(14)13-9-5-3-6-10(13)8-12-7-9/h9-12,14H,2-8H2,1H3. The van der Waals surface area contributed by atoms with Crippen LogP contribution in [0.5, 0.6) is 0 Å². The molecule has 3 atom stereocenters. The van der Waals surface area contributed by atoms with E-state index >= 15 is 0 Å². The van der Waals surface area contributed by atoms with Gasteiger partial charge in [0.1, 0.15) is 6.23 Å². The predicted octanol–water partition coefficient (Wildman–Crippen LogP) is 0.931. The summed E-state index contributed by atoms with van der Waals surface area (Å²) in [5.74, 6) is 0. The number of fused-ring (bicyclic) bond motifs is 2. The largest absolute Gasteiger partial charge is 0.378 e. The lowest BCUT2D eigenvalue weighted by Gasteiger charge is -2.48. The van der Waals surface area contributed by atoms with Crippen LogP contribution >= 0.6 is 0 Å². The molecular weight excluding hydrogens is 176 g/mol. The summed E-state index contributed by atoms with van der Waals surface area (Å²) in [6.07, 6.45) is 5.65. The Morgan fingerprint density at radius 2 is 2.00 bits per heavy atom. The number of hydrogen-bond donors (Lipinski definition) is 2. The summed E-state index contributed by atoms with van der Waals surface area (Å²) in [6, 6.07) is 1.17. The molecule has 2 N–H and O–H groups in total. The van der Waals surface area contributed by atoms with Gasteiger partial charge in [-0.1, -0.05) is 19.8 Å². The van der Waals surface area contributed by atoms with Crippen molar-refractivity contribution in [1.29, 1.82) is 0 Å². The van der Waals surface area contributed by atoms with Crippen LogP contribution in [0.4, 0.5) is 0 Å². The quantitative estimate of drug-likeness (QED) is 0.708. The molecule has 0 aromatic heterocycles. The Hall–Kier alpha value is -0.120. The molecule has 0 aromatic rings. The van der Waals surface area contributed by atoms with Crippen molar-refractivity contribution in [2.24, 2.45) is 0 Å². The molecule has 82 valence electrons. The van der Waals surface area contributed by atoms with Crippen LogP contribution in [-0.4, -0.2) is 41.4 Å². The fraction of sp³-hybridized carbons (Fsp3) is 1.00. The van der Waals surface area contributed by atoms with Crippen molar-refractivity contribution in [2.45, 2.75) is 57.3 Å². The second-order valence-corrected chi connectivity index (χ2v) is 4.61. The molecule has 0 spiro atoms. The van der Waals surface area contributed by atoms with Crippen LogP contribution in [0, 0.1) is 0 Å². The van der Waals surface area contributed by atoms with Crippen molar-refractivity contribution in [3.63, 3.8) is 0 Å². The summed E-state index contributed by atoms with van der Waals surface area (Å²) < 4.78 is 0. The van der Waals surface area contributed by atoms with E-state index in [0.29, 0.717) is 12.1 Å². The lowest BCUT2D eigenvalue weighted by molar-refractivity contribution is -0.0887. The number of aliphatic hydroxyl groups is 1. The molecule has 2 rings (SSSR count). The van der Waals surface area contributed by atoms with Crippen molar-refractivity contribution in [3.05, 3.63) is 0 Å². The van der Waals surface area contributed by atoms with Crippen LogP contribution in [-0.2, 0) is 0 Å². The molecule has 2 aliphatic rings. The van der Waals surface area contributed by atoms with E-state index in [-0.39, 0.29) is 6.23 Å². The molecule has 0 aliphatic carbocycles. The highest BCUT2D eigenvalue weighted by molar-refractivity contribution is 4.92. The van der Waals surface area contributed by atoms with Gasteiger partial charge in [0, 0.05) is 25.2 Å². The van der Waals surface area contributed by atoms with Gasteiger partial charge in [-0.3, -0.25) is 4.90 Å². The summed E-state index contributed by atoms with van der Waals surface area (Å²) in [4.78, 5) is 2.36. The van der Waals surface area contributed by atoms with Crippen LogP contribution in [0.1, 0.15) is 39.0 Å². The number of aliphatic hydroxyl groups excluding tert-OH is 1. The van der Waals surface area contributed by atoms with Gasteiger partial charge in [0.05, 0.1) is 0 Å². The Bertz CT molecular complexity index is 164. The van der Waals surface area contributed by atoms with Gasteiger partial charge in [-0.15, -0.1) is 0 Å². The van der Waals surface area contributed by atoms with Crippen molar-refractivity contribution < 1.29 is 5.11 Å². The molecule has 2 saturated heterocycles. The van der Waals surface area contributed by atoms with Gasteiger partial charge in [0.15, 0.2) is 0 Å². The maximum atomic E-state index is 10.1. The second-order valence-electron chi connectivity index (χ2n) is 4.61. The third-order valence-electron chi connectivity index (χ3n) is 3.57. The van der Waals surface area contributed by atoms with Crippen LogP contribution in [0.3, 0.4) is 0 Å². The topological polar surface area (TPSA) is 35.5 Å². The molecule has 0 aromatic carbocycles. The lowest BCUT2D eigenvalue weighted by atomic mass is 9.91. The van der Waals surface area contributed by atoms with Gasteiger partial charge in [0.2, 0.25) is 0 Å². The fourth-order valence-corrected chi connectivity index (χ4v) is 2.91. The minimum absolute atomic E-state index is 0.197. The zero-order valence-electron chi connectivity index (χ0n) is 9.08. The highest BCUT2D eigenvalue weighted by Gasteiger charge is 2.36. The average molecular weight is 198 g/mol. The Balaban J connectivity index is 2.00. The first-order valence-corrected chi connectivity index (χ1v) is 5.99. The molecule has 0 amide bonds. The number of hydrogen-bond acceptors (Lipinski definition) is 3. The molecule has 2 bridgehead atoms. The van der Waals surface area contributed by atoms with Crippen molar-refractivity contribution in [1.82, 2.24) is 10.2 Å². The number of nitrogens with zero attached hydrogens (tertiary/aromatic N) is 1. The number of piperazine rings is 1. The summed E-state index contributed by atoms with van der Waals surface area (Å²) >= 11 is 0. The average Bonchev–Trinajstić information content (AvgIpc) is 2.17. The van der Waals surface area contributed by atoms with Gasteiger partial charge < -0.3 is 10.4 Å². The highest BCUT2D eigenvalue weighted by Crippen LogP contribution is 2.27. The Labute approximate surface area is 86.5 Å². The van der Waals surface area contributed by atoms with Gasteiger partial charge >= 0.3 is 0 Å². The molecular formula is C11H22N2O. The maximum absolute atomic E-state index is 10.1. The van der Waals surface area contributed by atoms with Gasteiger partial charge in [0.25, 0.3) is 0 Å². The molecule has 0 radical (unpaired) electrons. The SMILES string of the molecule is CCCC(O)N1C2CCCC1CNC2. The van der Waals surface area contributed by atoms with Crippen LogP contribution in [0.2, 0.25) is 0 Å². The third kappa shape index (κ3) is 1.95. The Kier molecular flexibility index (Phi) is 3.42. The Morgan fingerprint density at radius 3 is 2.57 bits per heavy atom. The summed E-state index contributed by atoms with van der Waals surface area (Å²) in [7, 11) is 0. The first-order chi connectivity index (χ1) is 6.83. The number of rotatable bonds is 3. The van der Waals surface area contributed by atoms with Gasteiger partial charge in [-0.25, -0.2) is 0 Å². The zero-order chi connectivity index (χ0) is 9.97. The molecule has 3 unspecified atom stereocenters. The summed E-state index contributed by atoms with van der Waals surface area (Å²) in [5, 5.41) is 13.5. The van der Waals surface area contributed by atoms with E-state index in [9.17, 15) is 5.11 Å². The molecule has 0 saturated carbocycles. The second kappa shape index (κ2) is 4.60. The Morgan fingerprint density at radius 1 is 1.36 bits per heavy atom. The number of piperidine rings is 1. The minimum Gasteiger partial charge on any atom is -0.378 e. The smallest absolute Gasteiger partial charge is 0.107 e. The normalized spacial score (nSPS) is 35.6. The van der Waals surface area contributed by atoms with E-state index in [1.165, 1.54) is 19.3 Å². The van der Waals surface area contributed by atoms with Crippen LogP contribution in [0.15, 0.2) is 0 Å². The first kappa shape index (κ1) is 10.4. The minimum atomic E-state index is -0.197. The van der Waals surface area contributed by atoms with Crippen LogP contribution < -0.4 is 5.32 Å². The van der Waals surface area contributed by atoms with Crippen molar-refractivity contribution in [3.8, 4) is 0 Å². The molecule has 2 aliphatic heterocycles. The van der Waals surface area contributed by atoms with E-state index < -0.39 is 0 Å². The lowest BCUT2D eigenvalue weighted by Crippen LogP contribution is -2.62. The van der Waals surface area contributed by atoms with Crippen LogP contribution in [0.25, 0.3) is 0 Å². The first-order valence-electron chi connectivity index (χ1n) is 5.99. The van der Waals surface area contributed by atoms with Crippen molar-refractivity contribution in [2.75, 3.05) is 13.1 Å². The van der Waals surface area contributed by atoms with Gasteiger partial charge in [-0.2, -0.15) is 0 Å². The number of nitrogens with one attached hydrogen (secondary N) is 1. The third-order valence-corrected chi connectivity index (χ3v) is 3.57. The predicted molar refractivity (Wildman–Crippen MR) is 57.1 cm³/mol. The van der Waals surface area contributed by atoms with Crippen molar-refractivity contribution >= 4 is 0 Å². The summed E-state index contributed by atoms with van der Waals surface area (Å²) in [6.45, 7) is 4.27. The monoisotopic (exact) mass is 198 g/mol. The van der Waals surface area contributed by atoms with E-state index in [1.54, 1.807) is 0 Å². The van der Waals surface area contributed by atoms with E-state index in [0.717, 1.165) is 25.9 Å². The molecule has 3 heteroatoms. The summed E-state index contributed by atoms with van der Waals surface area (Å²) in [5.41, 5.74) is 0.